The molecule has 104 valence electrons. The predicted molar refractivity (Wildman–Crippen MR) is 77.8 cm³/mol. The zero-order valence-electron chi connectivity index (χ0n) is 10.1. The third-order valence-electron chi connectivity index (χ3n) is 2.49. The minimum Gasteiger partial charge on any atom is -0.319 e. The number of nitro groups is 1. The Morgan fingerprint density at radius 2 is 2.15 bits per heavy atom. The Morgan fingerprint density at radius 1 is 1.45 bits per heavy atom. The van der Waals surface area contributed by atoms with Gasteiger partial charge in [-0.3, -0.25) is 14.9 Å². The number of amides is 1. The predicted octanol–water partition coefficient (Wildman–Crippen LogP) is 4.12. The highest BCUT2D eigenvalue weighted by atomic mass is 79.9. The molecule has 0 radical (unpaired) electrons. The summed E-state index contributed by atoms with van der Waals surface area (Å²) in [5, 5.41) is 12.9. The van der Waals surface area contributed by atoms with Gasteiger partial charge in [0.2, 0.25) is 0 Å². The molecule has 1 aromatic heterocycles. The summed E-state index contributed by atoms with van der Waals surface area (Å²) in [6.07, 6.45) is 0. The summed E-state index contributed by atoms with van der Waals surface area (Å²) < 4.78 is 14.5. The van der Waals surface area contributed by atoms with Crippen molar-refractivity contribution in [3.8, 4) is 0 Å². The van der Waals surface area contributed by atoms with Crippen LogP contribution in [-0.2, 0) is 0 Å². The van der Waals surface area contributed by atoms with E-state index in [0.717, 1.165) is 21.5 Å². The summed E-state index contributed by atoms with van der Waals surface area (Å²) in [7, 11) is 0. The van der Waals surface area contributed by atoms with Crippen molar-refractivity contribution < 1.29 is 14.1 Å². The molecule has 0 saturated heterocycles. The number of aryl methyl sites for hydroxylation is 1. The van der Waals surface area contributed by atoms with Crippen molar-refractivity contribution in [3.05, 3.63) is 54.4 Å². The fraction of sp³-hybridized carbons (Fsp3) is 0.0833. The number of nitro benzene ring substituents is 1. The lowest BCUT2D eigenvalue weighted by Gasteiger charge is -2.04. The Balaban J connectivity index is 2.21. The summed E-state index contributed by atoms with van der Waals surface area (Å²) in [5.74, 6) is -1.31. The minimum absolute atomic E-state index is 0.0947. The van der Waals surface area contributed by atoms with E-state index in [2.05, 4.69) is 21.2 Å². The van der Waals surface area contributed by atoms with Crippen molar-refractivity contribution in [1.82, 2.24) is 0 Å². The van der Waals surface area contributed by atoms with E-state index in [1.54, 1.807) is 6.07 Å². The number of non-ortho nitro benzene ring substituents is 1. The number of halogens is 2. The molecule has 1 amide bonds. The third kappa shape index (κ3) is 3.02. The number of nitrogens with one attached hydrogen (secondary N) is 1. The van der Waals surface area contributed by atoms with Crippen LogP contribution in [0.1, 0.15) is 15.2 Å². The first kappa shape index (κ1) is 14.6. The topological polar surface area (TPSA) is 72.2 Å². The largest absolute Gasteiger partial charge is 0.319 e. The maximum absolute atomic E-state index is 13.6. The van der Waals surface area contributed by atoms with Crippen LogP contribution >= 0.6 is 27.3 Å². The summed E-state index contributed by atoms with van der Waals surface area (Å²) >= 11 is 4.53. The van der Waals surface area contributed by atoms with Crippen LogP contribution in [0.5, 0.6) is 0 Å². The Morgan fingerprint density at radius 3 is 2.65 bits per heavy atom. The maximum atomic E-state index is 13.6. The van der Waals surface area contributed by atoms with Crippen LogP contribution in [0.25, 0.3) is 0 Å². The zero-order chi connectivity index (χ0) is 14.9. The number of nitrogens with zero attached hydrogens (tertiary/aromatic N) is 1. The van der Waals surface area contributed by atoms with E-state index in [0.29, 0.717) is 4.88 Å². The molecule has 0 unspecified atom stereocenters. The number of carbonyl (C=O) groups excluding carboxylic acids is 1. The zero-order valence-corrected chi connectivity index (χ0v) is 12.5. The molecule has 0 aliphatic rings. The number of carbonyl (C=O) groups is 1. The first-order chi connectivity index (χ1) is 9.38. The summed E-state index contributed by atoms with van der Waals surface area (Å²) in [6.45, 7) is 1.84. The summed E-state index contributed by atoms with van der Waals surface area (Å²) in [5.41, 5.74) is 0.447. The maximum Gasteiger partial charge on any atom is 0.272 e. The van der Waals surface area contributed by atoms with Crippen LogP contribution < -0.4 is 5.32 Å². The van der Waals surface area contributed by atoms with Gasteiger partial charge in [-0.25, -0.2) is 4.39 Å². The van der Waals surface area contributed by atoms with Gasteiger partial charge in [-0.15, -0.1) is 11.3 Å². The molecular weight excluding hydrogens is 351 g/mol. The van der Waals surface area contributed by atoms with E-state index in [4.69, 9.17) is 0 Å². The molecule has 1 aromatic carbocycles. The van der Waals surface area contributed by atoms with Crippen LogP contribution in [0.4, 0.5) is 15.8 Å². The molecule has 2 aromatic rings. The van der Waals surface area contributed by atoms with Crippen molar-refractivity contribution in [1.29, 1.82) is 0 Å². The summed E-state index contributed by atoms with van der Waals surface area (Å²) in [6, 6.07) is 4.74. The van der Waals surface area contributed by atoms with Crippen LogP contribution in [0.2, 0.25) is 0 Å². The van der Waals surface area contributed by atoms with Gasteiger partial charge in [-0.05, 0) is 40.5 Å². The molecule has 20 heavy (non-hydrogen) atoms. The quantitative estimate of drug-likeness (QED) is 0.662. The van der Waals surface area contributed by atoms with E-state index >= 15 is 0 Å². The monoisotopic (exact) mass is 358 g/mol. The Labute approximate surface area is 125 Å². The van der Waals surface area contributed by atoms with Gasteiger partial charge in [-0.1, -0.05) is 0 Å². The first-order valence-electron chi connectivity index (χ1n) is 5.39. The van der Waals surface area contributed by atoms with Crippen molar-refractivity contribution in [2.45, 2.75) is 6.92 Å². The van der Waals surface area contributed by atoms with Gasteiger partial charge < -0.3 is 5.32 Å². The Bertz CT molecular complexity index is 683. The smallest absolute Gasteiger partial charge is 0.272 e. The molecule has 0 saturated carbocycles. The molecule has 1 heterocycles. The average Bonchev–Trinajstić information content (AvgIpc) is 2.72. The third-order valence-corrected chi connectivity index (χ3v) is 4.63. The highest BCUT2D eigenvalue weighted by Crippen LogP contribution is 2.28. The van der Waals surface area contributed by atoms with Gasteiger partial charge in [0.15, 0.2) is 5.82 Å². The number of thiophene rings is 1. The molecule has 0 atom stereocenters. The average molecular weight is 359 g/mol. The molecule has 0 bridgehead atoms. The molecule has 0 fully saturated rings. The SMILES string of the molecule is Cc1cc(C(=O)Nc2ccc([N+](=O)[O-])cc2F)sc1Br. The lowest BCUT2D eigenvalue weighted by Crippen LogP contribution is -2.11. The molecule has 2 rings (SSSR count). The fourth-order valence-electron chi connectivity index (χ4n) is 1.47. The van der Waals surface area contributed by atoms with E-state index in [1.165, 1.54) is 17.4 Å². The summed E-state index contributed by atoms with van der Waals surface area (Å²) in [4.78, 5) is 22.1. The Kier molecular flexibility index (Phi) is 4.15. The Hall–Kier alpha value is -1.80. The van der Waals surface area contributed by atoms with Gasteiger partial charge in [0, 0.05) is 6.07 Å². The van der Waals surface area contributed by atoms with E-state index in [1.807, 2.05) is 6.92 Å². The van der Waals surface area contributed by atoms with E-state index in [9.17, 15) is 19.3 Å². The molecule has 0 aliphatic heterocycles. The van der Waals surface area contributed by atoms with Gasteiger partial charge in [-0.2, -0.15) is 0 Å². The number of hydrogen-bond donors (Lipinski definition) is 1. The van der Waals surface area contributed by atoms with Gasteiger partial charge in [0.05, 0.1) is 25.3 Å². The standard InChI is InChI=1S/C12H8BrFN2O3S/c1-6-4-10(20-11(6)13)12(17)15-9-3-2-7(16(18)19)5-8(9)14/h2-5H,1H3,(H,15,17). The second kappa shape index (κ2) is 5.68. The highest BCUT2D eigenvalue weighted by molar-refractivity contribution is 9.11. The van der Waals surface area contributed by atoms with Crippen molar-refractivity contribution in [2.24, 2.45) is 0 Å². The molecular formula is C12H8BrFN2O3S. The van der Waals surface area contributed by atoms with E-state index < -0.39 is 16.6 Å². The van der Waals surface area contributed by atoms with Gasteiger partial charge >= 0.3 is 0 Å². The lowest BCUT2D eigenvalue weighted by molar-refractivity contribution is -0.385. The van der Waals surface area contributed by atoms with Crippen LogP contribution in [0.15, 0.2) is 28.1 Å². The van der Waals surface area contributed by atoms with Crippen LogP contribution in [-0.4, -0.2) is 10.8 Å². The minimum atomic E-state index is -0.847. The lowest BCUT2D eigenvalue weighted by atomic mass is 10.2. The normalized spacial score (nSPS) is 10.3. The van der Waals surface area contributed by atoms with Crippen molar-refractivity contribution >= 4 is 44.5 Å². The van der Waals surface area contributed by atoms with Gasteiger partial charge in [0.1, 0.15) is 0 Å². The molecule has 1 N–H and O–H groups in total. The second-order valence-electron chi connectivity index (χ2n) is 3.94. The van der Waals surface area contributed by atoms with E-state index in [-0.39, 0.29) is 11.4 Å². The number of benzene rings is 1. The fourth-order valence-corrected chi connectivity index (χ4v) is 2.90. The first-order valence-corrected chi connectivity index (χ1v) is 7.00. The van der Waals surface area contributed by atoms with Crippen molar-refractivity contribution in [2.75, 3.05) is 5.32 Å². The van der Waals surface area contributed by atoms with Gasteiger partial charge in [0.25, 0.3) is 11.6 Å². The number of hydrogen-bond acceptors (Lipinski definition) is 4. The molecule has 5 nitrogen and oxygen atoms in total. The van der Waals surface area contributed by atoms with Crippen LogP contribution in [0, 0.1) is 22.9 Å². The van der Waals surface area contributed by atoms with Crippen molar-refractivity contribution in [3.63, 3.8) is 0 Å². The number of rotatable bonds is 3. The van der Waals surface area contributed by atoms with Crippen LogP contribution in [0.3, 0.4) is 0 Å². The molecule has 0 spiro atoms. The number of anilines is 1. The second-order valence-corrected chi connectivity index (χ2v) is 6.31. The highest BCUT2D eigenvalue weighted by Gasteiger charge is 2.15. The molecule has 8 heteroatoms. The molecule has 0 aliphatic carbocycles.